The van der Waals surface area contributed by atoms with E-state index >= 15 is 0 Å². The Kier molecular flexibility index (Phi) is 6.89. The van der Waals surface area contributed by atoms with Crippen LogP contribution in [0.25, 0.3) is 10.4 Å². The number of hydrogen-bond donors (Lipinski definition) is 1. The molecule has 0 radical (unpaired) electrons. The molecular weight excluding hydrogens is 430 g/mol. The Morgan fingerprint density at radius 1 is 0.939 bits per heavy atom. The minimum absolute atomic E-state index is 0.140. The molecule has 5 heteroatoms. The van der Waals surface area contributed by atoms with Gasteiger partial charge in [0.25, 0.3) is 5.91 Å². The van der Waals surface area contributed by atoms with Crippen molar-refractivity contribution in [3.63, 3.8) is 0 Å². The molecule has 0 aliphatic heterocycles. The second-order valence-corrected chi connectivity index (χ2v) is 10.4. The van der Waals surface area contributed by atoms with Crippen molar-refractivity contribution in [1.82, 2.24) is 0 Å². The summed E-state index contributed by atoms with van der Waals surface area (Å²) in [4.78, 5) is 39.2. The molecule has 170 valence electrons. The zero-order valence-electron chi connectivity index (χ0n) is 19.3. The second kappa shape index (κ2) is 9.84. The maximum atomic E-state index is 12.9. The molecule has 2 aromatic carbocycles. The van der Waals surface area contributed by atoms with Crippen LogP contribution in [-0.2, 0) is 0 Å². The van der Waals surface area contributed by atoms with Crippen LogP contribution in [0.2, 0.25) is 0 Å². The highest BCUT2D eigenvalue weighted by atomic mass is 32.1. The van der Waals surface area contributed by atoms with Crippen LogP contribution in [0.3, 0.4) is 0 Å². The monoisotopic (exact) mass is 459 g/mol. The normalized spacial score (nSPS) is 13.2. The first-order valence-corrected chi connectivity index (χ1v) is 12.3. The number of rotatable bonds is 9. The summed E-state index contributed by atoms with van der Waals surface area (Å²) in [5.41, 5.74) is 3.94. The zero-order valence-corrected chi connectivity index (χ0v) is 20.1. The van der Waals surface area contributed by atoms with Gasteiger partial charge in [-0.15, -0.1) is 11.3 Å². The van der Waals surface area contributed by atoms with E-state index in [2.05, 4.69) is 5.32 Å². The van der Waals surface area contributed by atoms with Crippen molar-refractivity contribution < 1.29 is 14.4 Å². The zero-order chi connectivity index (χ0) is 23.5. The van der Waals surface area contributed by atoms with E-state index in [0.717, 1.165) is 28.8 Å². The Hall–Kier alpha value is -3.05. The average molecular weight is 460 g/mol. The number of aryl methyl sites for hydroxylation is 1. The van der Waals surface area contributed by atoms with Gasteiger partial charge < -0.3 is 5.32 Å². The molecule has 4 rings (SSSR count). The minimum Gasteiger partial charge on any atom is -0.321 e. The van der Waals surface area contributed by atoms with Gasteiger partial charge in [0.05, 0.1) is 4.88 Å². The van der Waals surface area contributed by atoms with Crippen molar-refractivity contribution in [1.29, 1.82) is 0 Å². The van der Waals surface area contributed by atoms with E-state index in [1.807, 2.05) is 69.3 Å². The summed E-state index contributed by atoms with van der Waals surface area (Å²) in [5.74, 6) is 0.961. The van der Waals surface area contributed by atoms with Gasteiger partial charge in [0, 0.05) is 34.5 Å². The van der Waals surface area contributed by atoms with Gasteiger partial charge in [0.1, 0.15) is 0 Å². The summed E-state index contributed by atoms with van der Waals surface area (Å²) in [7, 11) is 0. The number of carbonyl (C=O) groups is 3. The smallest absolute Gasteiger partial charge is 0.265 e. The van der Waals surface area contributed by atoms with E-state index in [1.165, 1.54) is 11.3 Å². The lowest BCUT2D eigenvalue weighted by molar-refractivity contribution is 0.0962. The number of benzene rings is 2. The molecule has 0 atom stereocenters. The van der Waals surface area contributed by atoms with Crippen LogP contribution in [0.15, 0.2) is 54.6 Å². The summed E-state index contributed by atoms with van der Waals surface area (Å²) < 4.78 is 0. The van der Waals surface area contributed by atoms with Crippen molar-refractivity contribution in [2.75, 3.05) is 5.32 Å². The molecular formula is C28H29NO3S. The Morgan fingerprint density at radius 3 is 2.30 bits per heavy atom. The number of amides is 1. The second-order valence-electron chi connectivity index (χ2n) is 9.32. The van der Waals surface area contributed by atoms with Crippen molar-refractivity contribution in [3.05, 3.63) is 76.2 Å². The highest BCUT2D eigenvalue weighted by Crippen LogP contribution is 2.34. The van der Waals surface area contributed by atoms with E-state index in [4.69, 9.17) is 0 Å². The average Bonchev–Trinajstić information content (AvgIpc) is 3.45. The number of hydrogen-bond acceptors (Lipinski definition) is 4. The number of ketones is 2. The molecule has 1 aromatic heterocycles. The maximum Gasteiger partial charge on any atom is 0.265 e. The van der Waals surface area contributed by atoms with Gasteiger partial charge in [0.2, 0.25) is 0 Å². The Bertz CT molecular complexity index is 1190. The van der Waals surface area contributed by atoms with Crippen molar-refractivity contribution >= 4 is 34.5 Å². The minimum atomic E-state index is -0.190. The SMILES string of the molecule is Cc1ccc(C(=O)CC2CC2)cc1NC(=O)c1ccc(-c2ccc(C(=O)CC(C)C)cc2)s1. The summed E-state index contributed by atoms with van der Waals surface area (Å²) in [5, 5.41) is 2.97. The first kappa shape index (κ1) is 23.1. The van der Waals surface area contributed by atoms with E-state index in [1.54, 1.807) is 6.07 Å². The molecule has 1 aliphatic rings. The third-order valence-corrected chi connectivity index (χ3v) is 7.03. The number of nitrogens with one attached hydrogen (secondary N) is 1. The Morgan fingerprint density at radius 2 is 1.64 bits per heavy atom. The fraction of sp³-hybridized carbons (Fsp3) is 0.321. The molecule has 1 saturated carbocycles. The van der Waals surface area contributed by atoms with E-state index in [-0.39, 0.29) is 17.5 Å². The molecule has 1 aliphatic carbocycles. The third kappa shape index (κ3) is 5.85. The highest BCUT2D eigenvalue weighted by molar-refractivity contribution is 7.17. The largest absolute Gasteiger partial charge is 0.321 e. The quantitative estimate of drug-likeness (QED) is 0.345. The number of Topliss-reactive ketones (excluding diaryl/α,β-unsaturated/α-hetero) is 2. The van der Waals surface area contributed by atoms with E-state index < -0.39 is 0 Å². The van der Waals surface area contributed by atoms with Gasteiger partial charge in [-0.2, -0.15) is 0 Å². The molecule has 0 spiro atoms. The molecule has 3 aromatic rings. The Balaban J connectivity index is 1.45. The van der Waals surface area contributed by atoms with Gasteiger partial charge in [-0.1, -0.05) is 50.2 Å². The van der Waals surface area contributed by atoms with Crippen molar-refractivity contribution in [2.24, 2.45) is 11.8 Å². The van der Waals surface area contributed by atoms with Gasteiger partial charge in [-0.3, -0.25) is 14.4 Å². The summed E-state index contributed by atoms with van der Waals surface area (Å²) in [6.45, 7) is 6.00. The van der Waals surface area contributed by atoms with Gasteiger partial charge in [-0.05, 0) is 60.9 Å². The number of thiophene rings is 1. The molecule has 33 heavy (non-hydrogen) atoms. The third-order valence-electron chi connectivity index (χ3n) is 5.89. The van der Waals surface area contributed by atoms with Gasteiger partial charge in [0.15, 0.2) is 11.6 Å². The Labute approximate surface area is 199 Å². The molecule has 1 N–H and O–H groups in total. The topological polar surface area (TPSA) is 63.2 Å². The predicted octanol–water partition coefficient (Wildman–Crippen LogP) is 7.19. The van der Waals surface area contributed by atoms with Crippen LogP contribution >= 0.6 is 11.3 Å². The summed E-state index contributed by atoms with van der Waals surface area (Å²) in [6, 6.07) is 16.8. The lowest BCUT2D eigenvalue weighted by Gasteiger charge is -2.10. The summed E-state index contributed by atoms with van der Waals surface area (Å²) in [6.07, 6.45) is 3.40. The molecule has 0 bridgehead atoms. The van der Waals surface area contributed by atoms with E-state index in [0.29, 0.717) is 46.4 Å². The molecule has 1 amide bonds. The lowest BCUT2D eigenvalue weighted by atomic mass is 10.00. The van der Waals surface area contributed by atoms with Crippen LogP contribution in [0.5, 0.6) is 0 Å². The maximum absolute atomic E-state index is 12.9. The molecule has 1 heterocycles. The first-order valence-electron chi connectivity index (χ1n) is 11.5. The highest BCUT2D eigenvalue weighted by Gasteiger charge is 2.25. The van der Waals surface area contributed by atoms with Crippen LogP contribution in [0, 0.1) is 18.8 Å². The van der Waals surface area contributed by atoms with Gasteiger partial charge in [-0.25, -0.2) is 0 Å². The van der Waals surface area contributed by atoms with Crippen LogP contribution in [0.4, 0.5) is 5.69 Å². The number of carbonyl (C=O) groups excluding carboxylic acids is 3. The first-order chi connectivity index (χ1) is 15.8. The lowest BCUT2D eigenvalue weighted by Crippen LogP contribution is -2.12. The van der Waals surface area contributed by atoms with Crippen molar-refractivity contribution in [3.8, 4) is 10.4 Å². The molecule has 1 fully saturated rings. The van der Waals surface area contributed by atoms with E-state index in [9.17, 15) is 14.4 Å². The fourth-order valence-electron chi connectivity index (χ4n) is 3.74. The molecule has 4 nitrogen and oxygen atoms in total. The molecule has 0 saturated heterocycles. The van der Waals surface area contributed by atoms with Crippen LogP contribution < -0.4 is 5.32 Å². The van der Waals surface area contributed by atoms with Crippen molar-refractivity contribution in [2.45, 2.75) is 46.5 Å². The van der Waals surface area contributed by atoms with Gasteiger partial charge >= 0.3 is 0 Å². The van der Waals surface area contributed by atoms with Crippen LogP contribution in [0.1, 0.15) is 75.5 Å². The molecule has 0 unspecified atom stereocenters. The van der Waals surface area contributed by atoms with Crippen LogP contribution in [-0.4, -0.2) is 17.5 Å². The summed E-state index contributed by atoms with van der Waals surface area (Å²) >= 11 is 1.41. The standard InChI is InChI=1S/C28H29NO3S/c1-17(2)14-24(30)20-8-10-21(11-9-20)26-12-13-27(33-26)28(32)29-23-16-22(7-4-18(23)3)25(31)15-19-5-6-19/h4,7-13,16-17,19H,5-6,14-15H2,1-3H3,(H,29,32). The number of anilines is 1. The fourth-order valence-corrected chi connectivity index (χ4v) is 4.65. The predicted molar refractivity (Wildman–Crippen MR) is 134 cm³/mol.